The van der Waals surface area contributed by atoms with Crippen molar-refractivity contribution in [2.24, 2.45) is 0 Å². The van der Waals surface area contributed by atoms with E-state index in [4.69, 9.17) is 11.6 Å². The Bertz CT molecular complexity index is 726. The van der Waals surface area contributed by atoms with E-state index < -0.39 is 10.0 Å². The van der Waals surface area contributed by atoms with Gasteiger partial charge in [-0.05, 0) is 56.8 Å². The van der Waals surface area contributed by atoms with Gasteiger partial charge in [-0.2, -0.15) is 0 Å². The smallest absolute Gasteiger partial charge is 0.271 e. The Morgan fingerprint density at radius 2 is 2.00 bits per heavy atom. The zero-order chi connectivity index (χ0) is 15.5. The molecule has 0 spiro atoms. The number of benzene rings is 1. The Morgan fingerprint density at radius 3 is 2.71 bits per heavy atom. The molecule has 0 fully saturated rings. The van der Waals surface area contributed by atoms with Crippen LogP contribution in [0.15, 0.2) is 34.5 Å². The molecule has 114 valence electrons. The Labute approximate surface area is 134 Å². The highest BCUT2D eigenvalue weighted by molar-refractivity contribution is 7.94. The number of halogens is 1. The fourth-order valence-electron chi connectivity index (χ4n) is 1.78. The molecule has 1 aromatic heterocycles. The summed E-state index contributed by atoms with van der Waals surface area (Å²) in [6.45, 7) is 2.65. The summed E-state index contributed by atoms with van der Waals surface area (Å²) in [7, 11) is -1.70. The summed E-state index contributed by atoms with van der Waals surface area (Å²) >= 11 is 7.20. The molecule has 0 aliphatic rings. The van der Waals surface area contributed by atoms with Crippen molar-refractivity contribution in [3.63, 3.8) is 0 Å². The van der Waals surface area contributed by atoms with Crippen LogP contribution in [0.1, 0.15) is 10.4 Å². The SMILES string of the molecule is CNCCc1ccc(S(=O)(=O)Nc2cc(Cl)ccc2C)s1. The third kappa shape index (κ3) is 4.20. The van der Waals surface area contributed by atoms with Crippen molar-refractivity contribution < 1.29 is 8.42 Å². The fraction of sp³-hybridized carbons (Fsp3) is 0.286. The van der Waals surface area contributed by atoms with Crippen LogP contribution in [0.3, 0.4) is 0 Å². The topological polar surface area (TPSA) is 58.2 Å². The van der Waals surface area contributed by atoms with Crippen molar-refractivity contribution in [2.75, 3.05) is 18.3 Å². The van der Waals surface area contributed by atoms with Gasteiger partial charge in [-0.1, -0.05) is 17.7 Å². The highest BCUT2D eigenvalue weighted by Crippen LogP contribution is 2.27. The largest absolute Gasteiger partial charge is 0.319 e. The molecule has 0 radical (unpaired) electrons. The first-order valence-corrected chi connectivity index (χ1v) is 9.12. The lowest BCUT2D eigenvalue weighted by Gasteiger charge is -2.09. The number of aryl methyl sites for hydroxylation is 1. The number of likely N-dealkylation sites (N-methyl/N-ethyl adjacent to an activating group) is 1. The Balaban J connectivity index is 2.22. The summed E-state index contributed by atoms with van der Waals surface area (Å²) in [4.78, 5) is 1.03. The Hall–Kier alpha value is -1.08. The molecule has 0 bridgehead atoms. The maximum Gasteiger partial charge on any atom is 0.271 e. The van der Waals surface area contributed by atoms with E-state index >= 15 is 0 Å². The van der Waals surface area contributed by atoms with Gasteiger partial charge in [0.05, 0.1) is 5.69 Å². The van der Waals surface area contributed by atoms with Gasteiger partial charge in [0.2, 0.25) is 0 Å². The number of thiophene rings is 1. The fourth-order valence-corrected chi connectivity index (χ4v) is 4.43. The van der Waals surface area contributed by atoms with E-state index in [0.29, 0.717) is 14.9 Å². The predicted octanol–water partition coefficient (Wildman–Crippen LogP) is 3.27. The van der Waals surface area contributed by atoms with Crippen LogP contribution < -0.4 is 10.0 Å². The molecule has 2 rings (SSSR count). The van der Waals surface area contributed by atoms with E-state index in [0.717, 1.165) is 23.4 Å². The van der Waals surface area contributed by atoms with Crippen LogP contribution in [0.2, 0.25) is 5.02 Å². The number of rotatable bonds is 6. The first-order chi connectivity index (χ1) is 9.92. The molecular formula is C14H17ClN2O2S2. The van der Waals surface area contributed by atoms with E-state index in [-0.39, 0.29) is 0 Å². The van der Waals surface area contributed by atoms with E-state index in [9.17, 15) is 8.42 Å². The number of anilines is 1. The quantitative estimate of drug-likeness (QED) is 0.845. The van der Waals surface area contributed by atoms with Crippen LogP contribution in [0, 0.1) is 6.92 Å². The molecule has 1 heterocycles. The van der Waals surface area contributed by atoms with Gasteiger partial charge in [0, 0.05) is 9.90 Å². The molecule has 0 amide bonds. The highest BCUT2D eigenvalue weighted by Gasteiger charge is 2.18. The first-order valence-electron chi connectivity index (χ1n) is 6.44. The zero-order valence-electron chi connectivity index (χ0n) is 11.8. The molecule has 0 saturated heterocycles. The maximum atomic E-state index is 12.4. The summed E-state index contributed by atoms with van der Waals surface area (Å²) in [5, 5.41) is 3.54. The molecule has 0 unspecified atom stereocenters. The molecule has 4 nitrogen and oxygen atoms in total. The second kappa shape index (κ2) is 6.79. The van der Waals surface area contributed by atoms with Crippen LogP contribution in [-0.2, 0) is 16.4 Å². The molecule has 2 aromatic rings. The van der Waals surface area contributed by atoms with Crippen LogP contribution in [0.5, 0.6) is 0 Å². The number of nitrogens with one attached hydrogen (secondary N) is 2. The molecule has 0 saturated carbocycles. The molecule has 2 N–H and O–H groups in total. The summed E-state index contributed by atoms with van der Waals surface area (Å²) in [5.41, 5.74) is 1.34. The summed E-state index contributed by atoms with van der Waals surface area (Å²) < 4.78 is 27.7. The van der Waals surface area contributed by atoms with Gasteiger partial charge in [0.25, 0.3) is 10.0 Å². The van der Waals surface area contributed by atoms with Crippen molar-refractivity contribution in [1.29, 1.82) is 0 Å². The lowest BCUT2D eigenvalue weighted by atomic mass is 10.2. The third-order valence-electron chi connectivity index (χ3n) is 2.97. The van der Waals surface area contributed by atoms with Gasteiger partial charge in [-0.15, -0.1) is 11.3 Å². The number of hydrogen-bond donors (Lipinski definition) is 2. The Kier molecular flexibility index (Phi) is 5.27. The first kappa shape index (κ1) is 16.3. The van der Waals surface area contributed by atoms with Crippen LogP contribution in [0.25, 0.3) is 0 Å². The van der Waals surface area contributed by atoms with Gasteiger partial charge in [0.1, 0.15) is 4.21 Å². The molecule has 21 heavy (non-hydrogen) atoms. The van der Waals surface area contributed by atoms with Crippen molar-refractivity contribution in [1.82, 2.24) is 5.32 Å². The van der Waals surface area contributed by atoms with Crippen molar-refractivity contribution >= 4 is 38.6 Å². The minimum atomic E-state index is -3.57. The third-order valence-corrected chi connectivity index (χ3v) is 6.20. The summed E-state index contributed by atoms with van der Waals surface area (Å²) in [6, 6.07) is 8.62. The molecule has 1 aromatic carbocycles. The predicted molar refractivity (Wildman–Crippen MR) is 88.9 cm³/mol. The minimum absolute atomic E-state index is 0.313. The number of sulfonamides is 1. The van der Waals surface area contributed by atoms with Gasteiger partial charge >= 0.3 is 0 Å². The van der Waals surface area contributed by atoms with Gasteiger partial charge in [0.15, 0.2) is 0 Å². The van der Waals surface area contributed by atoms with E-state index in [1.54, 1.807) is 24.3 Å². The van der Waals surface area contributed by atoms with E-state index in [2.05, 4.69) is 10.0 Å². The zero-order valence-corrected chi connectivity index (χ0v) is 14.2. The molecule has 0 atom stereocenters. The normalized spacial score (nSPS) is 11.6. The van der Waals surface area contributed by atoms with Gasteiger partial charge in [-0.25, -0.2) is 8.42 Å². The Morgan fingerprint density at radius 1 is 1.24 bits per heavy atom. The van der Waals surface area contributed by atoms with Crippen LogP contribution >= 0.6 is 22.9 Å². The van der Waals surface area contributed by atoms with E-state index in [1.807, 2.05) is 20.0 Å². The van der Waals surface area contributed by atoms with Crippen molar-refractivity contribution in [3.05, 3.63) is 45.8 Å². The average molecular weight is 345 g/mol. The van der Waals surface area contributed by atoms with Gasteiger partial charge < -0.3 is 5.32 Å². The second-order valence-corrected chi connectivity index (χ2v) is 8.15. The lowest BCUT2D eigenvalue weighted by Crippen LogP contribution is -2.12. The molecule has 0 aliphatic heterocycles. The van der Waals surface area contributed by atoms with Gasteiger partial charge in [-0.3, -0.25) is 4.72 Å². The van der Waals surface area contributed by atoms with Crippen LogP contribution in [-0.4, -0.2) is 22.0 Å². The standard InChI is InChI=1S/C14H17ClN2O2S2/c1-10-3-4-11(15)9-13(10)17-21(18,19)14-6-5-12(20-14)7-8-16-2/h3-6,9,16-17H,7-8H2,1-2H3. The lowest BCUT2D eigenvalue weighted by molar-refractivity contribution is 0.603. The summed E-state index contributed by atoms with van der Waals surface area (Å²) in [6.07, 6.45) is 0.812. The minimum Gasteiger partial charge on any atom is -0.319 e. The summed E-state index contributed by atoms with van der Waals surface area (Å²) in [5.74, 6) is 0. The molecular weight excluding hydrogens is 328 g/mol. The molecule has 0 aliphatic carbocycles. The second-order valence-electron chi connectivity index (χ2n) is 4.64. The van der Waals surface area contributed by atoms with E-state index in [1.165, 1.54) is 11.3 Å². The average Bonchev–Trinajstić information content (AvgIpc) is 2.90. The molecule has 7 heteroatoms. The van der Waals surface area contributed by atoms with Crippen LogP contribution in [0.4, 0.5) is 5.69 Å². The monoisotopic (exact) mass is 344 g/mol. The number of hydrogen-bond acceptors (Lipinski definition) is 4. The highest BCUT2D eigenvalue weighted by atomic mass is 35.5. The van der Waals surface area contributed by atoms with Crippen molar-refractivity contribution in [3.8, 4) is 0 Å². The van der Waals surface area contributed by atoms with Crippen molar-refractivity contribution in [2.45, 2.75) is 17.6 Å². The maximum absolute atomic E-state index is 12.4.